The molecular formula is C2H3Cl2MnN3. The van der Waals surface area contributed by atoms with Crippen LogP contribution in [0.4, 0.5) is 0 Å². The van der Waals surface area contributed by atoms with E-state index in [1.807, 2.05) is 0 Å². The Balaban J connectivity index is -0.0000000833. The van der Waals surface area contributed by atoms with Crippen molar-refractivity contribution in [3.8, 4) is 0 Å². The van der Waals surface area contributed by atoms with Crippen LogP contribution < -0.4 is 24.8 Å². The molecule has 1 N–H and O–H groups in total. The summed E-state index contributed by atoms with van der Waals surface area (Å²) >= 11 is 0. The van der Waals surface area contributed by atoms with Crippen LogP contribution in [0, 0.1) is 0 Å². The summed E-state index contributed by atoms with van der Waals surface area (Å²) in [6.45, 7) is 0. The molecular weight excluding hydrogens is 192 g/mol. The number of aromatic amines is 1. The molecule has 1 rings (SSSR count). The number of halogens is 2. The van der Waals surface area contributed by atoms with Gasteiger partial charge in [0, 0.05) is 6.20 Å². The number of rotatable bonds is 0. The molecule has 8 heavy (non-hydrogen) atoms. The Morgan fingerprint density at radius 3 is 2.00 bits per heavy atom. The number of nitrogens with zero attached hydrogens (tertiary/aromatic N) is 2. The number of aromatic nitrogens is 3. The van der Waals surface area contributed by atoms with Crippen LogP contribution in [0.1, 0.15) is 0 Å². The quantitative estimate of drug-likeness (QED) is 0.418. The summed E-state index contributed by atoms with van der Waals surface area (Å²) in [7, 11) is 0. The van der Waals surface area contributed by atoms with Crippen LogP contribution in [0.25, 0.3) is 0 Å². The molecule has 0 aliphatic heterocycles. The molecule has 0 atom stereocenters. The zero-order valence-electron chi connectivity index (χ0n) is 3.68. The van der Waals surface area contributed by atoms with Gasteiger partial charge >= 0.3 is 17.1 Å². The maximum absolute atomic E-state index is 3.42. The maximum atomic E-state index is 3.42. The Morgan fingerprint density at radius 2 is 1.88 bits per heavy atom. The summed E-state index contributed by atoms with van der Waals surface area (Å²) < 4.78 is 0. The predicted molar refractivity (Wildman–Crippen MR) is 16.4 cm³/mol. The van der Waals surface area contributed by atoms with Crippen LogP contribution in [0.5, 0.6) is 0 Å². The first-order chi connectivity index (χ1) is 2.50. The summed E-state index contributed by atoms with van der Waals surface area (Å²) in [4.78, 5) is 0. The van der Waals surface area contributed by atoms with Gasteiger partial charge in [0.05, 0.1) is 6.20 Å². The third-order valence-electron chi connectivity index (χ3n) is 0.331. The minimum Gasteiger partial charge on any atom is -1.00 e. The molecule has 0 saturated carbocycles. The average Bonchev–Trinajstić information content (AvgIpc) is 1.76. The van der Waals surface area contributed by atoms with Crippen LogP contribution in [-0.2, 0) is 17.1 Å². The molecule has 0 saturated heterocycles. The Labute approximate surface area is 69.9 Å². The summed E-state index contributed by atoms with van der Waals surface area (Å²) in [5.74, 6) is 0. The van der Waals surface area contributed by atoms with Gasteiger partial charge in [-0.15, -0.1) is 5.10 Å². The molecule has 1 aromatic heterocycles. The van der Waals surface area contributed by atoms with Crippen LogP contribution in [0.15, 0.2) is 12.4 Å². The van der Waals surface area contributed by atoms with Crippen LogP contribution in [0.2, 0.25) is 0 Å². The Kier molecular flexibility index (Phi) is 20.2. The van der Waals surface area contributed by atoms with E-state index in [0.29, 0.717) is 0 Å². The van der Waals surface area contributed by atoms with E-state index >= 15 is 0 Å². The van der Waals surface area contributed by atoms with Gasteiger partial charge in [0.2, 0.25) is 0 Å². The molecule has 0 unspecified atom stereocenters. The molecule has 6 heteroatoms. The molecule has 0 aromatic carbocycles. The smallest absolute Gasteiger partial charge is 1.00 e. The SMILES string of the molecule is [Cl-].[Cl-].[Mn+2].c1c[nH]nn1. The maximum Gasteiger partial charge on any atom is 2.00 e. The third kappa shape index (κ3) is 6.24. The molecule has 0 aliphatic rings. The van der Waals surface area contributed by atoms with E-state index in [-0.39, 0.29) is 41.9 Å². The first-order valence-electron chi connectivity index (χ1n) is 1.30. The van der Waals surface area contributed by atoms with Gasteiger partial charge in [0.25, 0.3) is 0 Å². The predicted octanol–water partition coefficient (Wildman–Crippen LogP) is -6.19. The first-order valence-corrected chi connectivity index (χ1v) is 1.30. The number of H-pyrrole nitrogens is 1. The molecule has 1 heterocycles. The van der Waals surface area contributed by atoms with E-state index in [4.69, 9.17) is 0 Å². The Bertz CT molecular complexity index is 71.8. The fourth-order valence-electron chi connectivity index (χ4n) is 0.167. The number of nitrogens with one attached hydrogen (secondary N) is 1. The van der Waals surface area contributed by atoms with Gasteiger partial charge in [-0.05, 0) is 0 Å². The fraction of sp³-hybridized carbons (Fsp3) is 0. The summed E-state index contributed by atoms with van der Waals surface area (Å²) in [6, 6.07) is 0. The van der Waals surface area contributed by atoms with Gasteiger partial charge in [-0.2, -0.15) is 0 Å². The molecule has 0 fully saturated rings. The molecule has 1 radical (unpaired) electrons. The van der Waals surface area contributed by atoms with Crippen molar-refractivity contribution >= 4 is 0 Å². The molecule has 0 aliphatic carbocycles. The van der Waals surface area contributed by atoms with Gasteiger partial charge in [-0.1, -0.05) is 5.21 Å². The second-order valence-corrected chi connectivity index (χ2v) is 0.660. The van der Waals surface area contributed by atoms with Crippen molar-refractivity contribution in [1.82, 2.24) is 15.4 Å². The Morgan fingerprint density at radius 1 is 1.25 bits per heavy atom. The second-order valence-electron chi connectivity index (χ2n) is 0.660. The summed E-state index contributed by atoms with van der Waals surface area (Å²) in [5, 5.41) is 9.26. The second kappa shape index (κ2) is 10.3. The monoisotopic (exact) mass is 194 g/mol. The van der Waals surface area contributed by atoms with E-state index in [1.54, 1.807) is 12.4 Å². The molecule has 0 spiro atoms. The van der Waals surface area contributed by atoms with Crippen LogP contribution >= 0.6 is 0 Å². The van der Waals surface area contributed by atoms with Gasteiger partial charge in [0.1, 0.15) is 0 Å². The third-order valence-corrected chi connectivity index (χ3v) is 0.331. The van der Waals surface area contributed by atoms with Crippen molar-refractivity contribution in [3.05, 3.63) is 12.4 Å². The van der Waals surface area contributed by atoms with Crippen molar-refractivity contribution in [1.29, 1.82) is 0 Å². The zero-order valence-corrected chi connectivity index (χ0v) is 6.38. The standard InChI is InChI=1S/C2H3N3.2ClH.Mn/c1-2-4-5-3-1;;;/h1-2H,(H,3,4,5);2*1H;/q;;;+2/p-2. The van der Waals surface area contributed by atoms with Crippen molar-refractivity contribution in [2.45, 2.75) is 0 Å². The summed E-state index contributed by atoms with van der Waals surface area (Å²) in [6.07, 6.45) is 3.24. The van der Waals surface area contributed by atoms with Crippen molar-refractivity contribution in [2.75, 3.05) is 0 Å². The molecule has 0 bridgehead atoms. The van der Waals surface area contributed by atoms with Crippen LogP contribution in [-0.4, -0.2) is 15.4 Å². The molecule has 0 amide bonds. The normalized spacial score (nSPS) is 5.00. The number of hydrogen-bond donors (Lipinski definition) is 1. The van der Waals surface area contributed by atoms with E-state index in [9.17, 15) is 0 Å². The van der Waals surface area contributed by atoms with E-state index in [0.717, 1.165) is 0 Å². The fourth-order valence-corrected chi connectivity index (χ4v) is 0.167. The zero-order chi connectivity index (χ0) is 3.54. The topological polar surface area (TPSA) is 41.6 Å². The average molecular weight is 195 g/mol. The van der Waals surface area contributed by atoms with Gasteiger partial charge < -0.3 is 24.8 Å². The molecule has 3 nitrogen and oxygen atoms in total. The Hall–Kier alpha value is 0.239. The van der Waals surface area contributed by atoms with Crippen molar-refractivity contribution in [2.24, 2.45) is 0 Å². The van der Waals surface area contributed by atoms with E-state index in [1.165, 1.54) is 0 Å². The van der Waals surface area contributed by atoms with Gasteiger partial charge in [0.15, 0.2) is 0 Å². The van der Waals surface area contributed by atoms with Gasteiger partial charge in [-0.25, -0.2) is 0 Å². The largest absolute Gasteiger partial charge is 2.00 e. The number of hydrogen-bond acceptors (Lipinski definition) is 2. The molecule has 1 aromatic rings. The van der Waals surface area contributed by atoms with E-state index in [2.05, 4.69) is 15.4 Å². The van der Waals surface area contributed by atoms with Gasteiger partial charge in [-0.3, -0.25) is 5.10 Å². The van der Waals surface area contributed by atoms with Crippen molar-refractivity contribution in [3.63, 3.8) is 0 Å². The molecule has 47 valence electrons. The van der Waals surface area contributed by atoms with Crippen molar-refractivity contribution < 1.29 is 41.9 Å². The van der Waals surface area contributed by atoms with E-state index < -0.39 is 0 Å². The minimum atomic E-state index is 0. The first kappa shape index (κ1) is 15.7. The summed E-state index contributed by atoms with van der Waals surface area (Å²) in [5.41, 5.74) is 0. The van der Waals surface area contributed by atoms with Crippen LogP contribution in [0.3, 0.4) is 0 Å². The minimum absolute atomic E-state index is 0.